The number of methoxy groups -OCH3 is 2. The second-order valence-corrected chi connectivity index (χ2v) is 4.62. The number of pyridine rings is 1. The van der Waals surface area contributed by atoms with Crippen molar-refractivity contribution in [2.45, 2.75) is 6.42 Å². The number of nitrogens with zero attached hydrogens (tertiary/aromatic N) is 3. The lowest BCUT2D eigenvalue weighted by Gasteiger charge is -2.08. The lowest BCUT2D eigenvalue weighted by atomic mass is 10.1. The zero-order valence-corrected chi connectivity index (χ0v) is 12.3. The summed E-state index contributed by atoms with van der Waals surface area (Å²) in [5.41, 5.74) is 1.81. The number of rotatable bonds is 5. The predicted molar refractivity (Wildman–Crippen MR) is 79.9 cm³/mol. The summed E-state index contributed by atoms with van der Waals surface area (Å²) >= 11 is 0. The number of hydrogen-bond acceptors (Lipinski definition) is 6. The summed E-state index contributed by atoms with van der Waals surface area (Å²) in [6.07, 6.45) is 3.93. The van der Waals surface area contributed by atoms with Gasteiger partial charge in [0.2, 0.25) is 0 Å². The highest BCUT2D eigenvalue weighted by atomic mass is 16.5. The van der Waals surface area contributed by atoms with E-state index in [0.29, 0.717) is 29.6 Å². The predicted octanol–water partition coefficient (Wildman–Crippen LogP) is 2.74. The first kappa shape index (κ1) is 14.1. The SMILES string of the molecule is COc1ccc(Cc2noc(-c3cccnc3)n2)cc1OC. The van der Waals surface area contributed by atoms with Gasteiger partial charge in [-0.2, -0.15) is 4.98 Å². The first-order chi connectivity index (χ1) is 10.8. The van der Waals surface area contributed by atoms with Crippen molar-refractivity contribution < 1.29 is 14.0 Å². The van der Waals surface area contributed by atoms with Crippen LogP contribution in [-0.4, -0.2) is 29.3 Å². The minimum atomic E-state index is 0.462. The maximum Gasteiger partial charge on any atom is 0.259 e. The van der Waals surface area contributed by atoms with Crippen LogP contribution in [0.25, 0.3) is 11.5 Å². The molecule has 0 radical (unpaired) electrons. The molecule has 2 heterocycles. The fraction of sp³-hybridized carbons (Fsp3) is 0.188. The van der Waals surface area contributed by atoms with Crippen LogP contribution in [0.1, 0.15) is 11.4 Å². The summed E-state index contributed by atoms with van der Waals surface area (Å²) in [6, 6.07) is 9.41. The van der Waals surface area contributed by atoms with Gasteiger partial charge in [-0.3, -0.25) is 4.98 Å². The van der Waals surface area contributed by atoms with Crippen molar-refractivity contribution in [2.24, 2.45) is 0 Å². The number of benzene rings is 1. The van der Waals surface area contributed by atoms with Crippen LogP contribution in [0.4, 0.5) is 0 Å². The third-order valence-electron chi connectivity index (χ3n) is 3.19. The van der Waals surface area contributed by atoms with Crippen molar-refractivity contribution in [3.8, 4) is 23.0 Å². The molecule has 0 bridgehead atoms. The molecule has 0 aliphatic carbocycles. The Morgan fingerprint density at radius 2 is 1.95 bits per heavy atom. The molecule has 22 heavy (non-hydrogen) atoms. The number of aromatic nitrogens is 3. The van der Waals surface area contributed by atoms with Crippen molar-refractivity contribution in [3.05, 3.63) is 54.1 Å². The van der Waals surface area contributed by atoms with E-state index in [1.807, 2.05) is 30.3 Å². The average Bonchev–Trinajstić information content (AvgIpc) is 3.04. The monoisotopic (exact) mass is 297 g/mol. The van der Waals surface area contributed by atoms with E-state index in [4.69, 9.17) is 14.0 Å². The first-order valence-corrected chi connectivity index (χ1v) is 6.74. The summed E-state index contributed by atoms with van der Waals surface area (Å²) in [7, 11) is 3.22. The minimum absolute atomic E-state index is 0.462. The van der Waals surface area contributed by atoms with Crippen LogP contribution in [0.5, 0.6) is 11.5 Å². The molecule has 6 nitrogen and oxygen atoms in total. The number of hydrogen-bond donors (Lipinski definition) is 0. The normalized spacial score (nSPS) is 10.5. The van der Waals surface area contributed by atoms with E-state index < -0.39 is 0 Å². The molecule has 0 fully saturated rings. The Labute approximate surface area is 127 Å². The van der Waals surface area contributed by atoms with E-state index in [1.165, 1.54) is 0 Å². The van der Waals surface area contributed by atoms with Gasteiger partial charge in [-0.1, -0.05) is 11.2 Å². The average molecular weight is 297 g/mol. The van der Waals surface area contributed by atoms with Gasteiger partial charge in [-0.15, -0.1) is 0 Å². The zero-order valence-electron chi connectivity index (χ0n) is 12.3. The zero-order chi connectivity index (χ0) is 15.4. The van der Waals surface area contributed by atoms with E-state index in [9.17, 15) is 0 Å². The summed E-state index contributed by atoms with van der Waals surface area (Å²) < 4.78 is 15.8. The Kier molecular flexibility index (Phi) is 4.00. The van der Waals surface area contributed by atoms with Crippen LogP contribution in [0.2, 0.25) is 0 Å². The van der Waals surface area contributed by atoms with Crippen molar-refractivity contribution >= 4 is 0 Å². The van der Waals surface area contributed by atoms with Crippen LogP contribution < -0.4 is 9.47 Å². The highest BCUT2D eigenvalue weighted by Gasteiger charge is 2.11. The highest BCUT2D eigenvalue weighted by molar-refractivity contribution is 5.50. The quantitative estimate of drug-likeness (QED) is 0.721. The molecule has 6 heteroatoms. The lowest BCUT2D eigenvalue weighted by molar-refractivity contribution is 0.354. The first-order valence-electron chi connectivity index (χ1n) is 6.74. The largest absolute Gasteiger partial charge is 0.493 e. The molecule has 0 saturated carbocycles. The van der Waals surface area contributed by atoms with Gasteiger partial charge in [0, 0.05) is 18.8 Å². The standard InChI is InChI=1S/C16H15N3O3/c1-20-13-6-5-11(8-14(13)21-2)9-15-18-16(22-19-15)12-4-3-7-17-10-12/h3-8,10H,9H2,1-2H3. The second-order valence-electron chi connectivity index (χ2n) is 4.62. The molecule has 0 amide bonds. The molecule has 0 unspecified atom stereocenters. The smallest absolute Gasteiger partial charge is 0.259 e. The van der Waals surface area contributed by atoms with Crippen molar-refractivity contribution in [1.82, 2.24) is 15.1 Å². The third kappa shape index (κ3) is 2.90. The van der Waals surface area contributed by atoms with Crippen LogP contribution in [0.15, 0.2) is 47.2 Å². The van der Waals surface area contributed by atoms with Crippen molar-refractivity contribution in [1.29, 1.82) is 0 Å². The van der Waals surface area contributed by atoms with E-state index in [2.05, 4.69) is 15.1 Å². The molecule has 0 saturated heterocycles. The van der Waals surface area contributed by atoms with Crippen LogP contribution in [0.3, 0.4) is 0 Å². The van der Waals surface area contributed by atoms with Gasteiger partial charge < -0.3 is 14.0 Å². The van der Waals surface area contributed by atoms with E-state index >= 15 is 0 Å². The topological polar surface area (TPSA) is 70.3 Å². The lowest BCUT2D eigenvalue weighted by Crippen LogP contribution is -1.95. The highest BCUT2D eigenvalue weighted by Crippen LogP contribution is 2.28. The van der Waals surface area contributed by atoms with Crippen LogP contribution in [0, 0.1) is 0 Å². The van der Waals surface area contributed by atoms with Crippen LogP contribution >= 0.6 is 0 Å². The summed E-state index contributed by atoms with van der Waals surface area (Å²) in [5.74, 6) is 2.43. The molecule has 0 atom stereocenters. The van der Waals surface area contributed by atoms with Gasteiger partial charge in [0.15, 0.2) is 17.3 Å². The van der Waals surface area contributed by atoms with Gasteiger partial charge in [0.05, 0.1) is 19.8 Å². The van der Waals surface area contributed by atoms with Gasteiger partial charge in [0.25, 0.3) is 5.89 Å². The summed E-state index contributed by atoms with van der Waals surface area (Å²) in [4.78, 5) is 8.42. The summed E-state index contributed by atoms with van der Waals surface area (Å²) in [6.45, 7) is 0. The maximum atomic E-state index is 5.29. The molecular formula is C16H15N3O3. The van der Waals surface area contributed by atoms with Gasteiger partial charge >= 0.3 is 0 Å². The Morgan fingerprint density at radius 3 is 2.68 bits per heavy atom. The molecule has 3 rings (SSSR count). The molecule has 3 aromatic rings. The molecular weight excluding hydrogens is 282 g/mol. The maximum absolute atomic E-state index is 5.29. The molecule has 0 N–H and O–H groups in total. The van der Waals surface area contributed by atoms with Gasteiger partial charge in [-0.05, 0) is 29.8 Å². The number of ether oxygens (including phenoxy) is 2. The van der Waals surface area contributed by atoms with Gasteiger partial charge in [-0.25, -0.2) is 0 Å². The molecule has 1 aromatic carbocycles. The Balaban J connectivity index is 1.81. The summed E-state index contributed by atoms with van der Waals surface area (Å²) in [5, 5.41) is 4.00. The fourth-order valence-corrected chi connectivity index (χ4v) is 2.11. The minimum Gasteiger partial charge on any atom is -0.493 e. The third-order valence-corrected chi connectivity index (χ3v) is 3.19. The molecule has 0 spiro atoms. The Bertz CT molecular complexity index is 756. The molecule has 0 aliphatic heterocycles. The molecule has 0 aliphatic rings. The van der Waals surface area contributed by atoms with E-state index in [1.54, 1.807) is 26.6 Å². The van der Waals surface area contributed by atoms with Crippen molar-refractivity contribution in [2.75, 3.05) is 14.2 Å². The van der Waals surface area contributed by atoms with Crippen molar-refractivity contribution in [3.63, 3.8) is 0 Å². The van der Waals surface area contributed by atoms with Crippen LogP contribution in [-0.2, 0) is 6.42 Å². The van der Waals surface area contributed by atoms with Gasteiger partial charge in [0.1, 0.15) is 0 Å². The Hall–Kier alpha value is -2.89. The second kappa shape index (κ2) is 6.26. The molecule has 2 aromatic heterocycles. The van der Waals surface area contributed by atoms with E-state index in [-0.39, 0.29) is 0 Å². The fourth-order valence-electron chi connectivity index (χ4n) is 2.11. The molecule has 112 valence electrons. The van der Waals surface area contributed by atoms with E-state index in [0.717, 1.165) is 11.1 Å². The Morgan fingerprint density at radius 1 is 1.09 bits per heavy atom.